The number of aryl methyl sites for hydroxylation is 2. The van der Waals surface area contributed by atoms with Gasteiger partial charge in [0, 0.05) is 21.2 Å². The first kappa shape index (κ1) is 14.7. The maximum Gasteiger partial charge on any atom is 0.256 e. The first-order valence-corrected chi connectivity index (χ1v) is 7.78. The smallest absolute Gasteiger partial charge is 0.256 e. The number of carbonyl (C=O) groups excluding carboxylic acids is 1. The Morgan fingerprint density at radius 1 is 1.09 bits per heavy atom. The molecule has 1 amide bonds. The van der Waals surface area contributed by atoms with E-state index >= 15 is 0 Å². The number of nitrogens with one attached hydrogen (secondary N) is 1. The SMILES string of the molecule is Cc1cc(C(=O)Nc2ccc(Br)c(C)c2)c2ccccc2n1. The van der Waals surface area contributed by atoms with Gasteiger partial charge in [-0.2, -0.15) is 0 Å². The summed E-state index contributed by atoms with van der Waals surface area (Å²) in [6, 6.07) is 15.3. The minimum atomic E-state index is -0.122. The largest absolute Gasteiger partial charge is 0.322 e. The molecular formula is C18H15BrN2O. The van der Waals surface area contributed by atoms with Crippen LogP contribution in [0.1, 0.15) is 21.6 Å². The molecule has 0 saturated carbocycles. The van der Waals surface area contributed by atoms with Crippen LogP contribution >= 0.6 is 15.9 Å². The van der Waals surface area contributed by atoms with Crippen LogP contribution in [-0.4, -0.2) is 10.9 Å². The molecule has 1 heterocycles. The number of hydrogen-bond donors (Lipinski definition) is 1. The van der Waals surface area contributed by atoms with E-state index in [1.165, 1.54) is 0 Å². The van der Waals surface area contributed by atoms with Crippen molar-refractivity contribution >= 4 is 38.4 Å². The Labute approximate surface area is 137 Å². The minimum Gasteiger partial charge on any atom is -0.322 e. The maximum atomic E-state index is 12.6. The summed E-state index contributed by atoms with van der Waals surface area (Å²) in [6.07, 6.45) is 0. The Kier molecular flexibility index (Phi) is 3.94. The van der Waals surface area contributed by atoms with Crippen molar-refractivity contribution in [1.29, 1.82) is 0 Å². The monoisotopic (exact) mass is 354 g/mol. The second-order valence-electron chi connectivity index (χ2n) is 5.25. The molecule has 0 bridgehead atoms. The van der Waals surface area contributed by atoms with Gasteiger partial charge in [0.2, 0.25) is 0 Å². The number of rotatable bonds is 2. The Morgan fingerprint density at radius 2 is 1.86 bits per heavy atom. The van der Waals surface area contributed by atoms with E-state index in [0.717, 1.165) is 32.3 Å². The zero-order valence-corrected chi connectivity index (χ0v) is 13.9. The second kappa shape index (κ2) is 5.89. The van der Waals surface area contributed by atoms with Crippen molar-refractivity contribution in [1.82, 2.24) is 4.98 Å². The molecule has 0 atom stereocenters. The third-order valence-electron chi connectivity index (χ3n) is 3.50. The summed E-state index contributed by atoms with van der Waals surface area (Å²) < 4.78 is 1.02. The Balaban J connectivity index is 2.00. The van der Waals surface area contributed by atoms with Gasteiger partial charge in [0.05, 0.1) is 11.1 Å². The average molecular weight is 355 g/mol. The van der Waals surface area contributed by atoms with Gasteiger partial charge in [0.25, 0.3) is 5.91 Å². The summed E-state index contributed by atoms with van der Waals surface area (Å²) in [5.41, 5.74) is 4.16. The number of anilines is 1. The van der Waals surface area contributed by atoms with Crippen LogP contribution in [0, 0.1) is 13.8 Å². The molecule has 1 aromatic heterocycles. The van der Waals surface area contributed by atoms with Gasteiger partial charge in [0.15, 0.2) is 0 Å². The standard InChI is InChI=1S/C18H15BrN2O/c1-11-9-13(7-8-16(11)19)21-18(22)15-10-12(2)20-17-6-4-3-5-14(15)17/h3-10H,1-2H3,(H,21,22). The lowest BCUT2D eigenvalue weighted by atomic mass is 10.1. The van der Waals surface area contributed by atoms with Crippen molar-refractivity contribution in [3.8, 4) is 0 Å². The van der Waals surface area contributed by atoms with E-state index in [2.05, 4.69) is 26.2 Å². The molecule has 2 aromatic carbocycles. The van der Waals surface area contributed by atoms with Gasteiger partial charge in [0.1, 0.15) is 0 Å². The fraction of sp³-hybridized carbons (Fsp3) is 0.111. The lowest BCUT2D eigenvalue weighted by Crippen LogP contribution is -2.13. The van der Waals surface area contributed by atoms with Gasteiger partial charge in [-0.15, -0.1) is 0 Å². The summed E-state index contributed by atoms with van der Waals surface area (Å²) in [6.45, 7) is 3.89. The van der Waals surface area contributed by atoms with E-state index in [4.69, 9.17) is 0 Å². The van der Waals surface area contributed by atoms with Crippen LogP contribution < -0.4 is 5.32 Å². The van der Waals surface area contributed by atoms with Gasteiger partial charge in [-0.05, 0) is 49.7 Å². The maximum absolute atomic E-state index is 12.6. The molecule has 0 aliphatic rings. The normalized spacial score (nSPS) is 10.7. The Morgan fingerprint density at radius 3 is 2.64 bits per heavy atom. The number of para-hydroxylation sites is 1. The number of hydrogen-bond acceptors (Lipinski definition) is 2. The lowest BCUT2D eigenvalue weighted by Gasteiger charge is -2.10. The van der Waals surface area contributed by atoms with E-state index < -0.39 is 0 Å². The lowest BCUT2D eigenvalue weighted by molar-refractivity contribution is 0.102. The fourth-order valence-corrected chi connectivity index (χ4v) is 2.66. The molecule has 0 fully saturated rings. The molecule has 0 unspecified atom stereocenters. The van der Waals surface area contributed by atoms with Crippen LogP contribution in [-0.2, 0) is 0 Å². The molecule has 0 saturated heterocycles. The number of aromatic nitrogens is 1. The highest BCUT2D eigenvalue weighted by Gasteiger charge is 2.12. The van der Waals surface area contributed by atoms with Gasteiger partial charge < -0.3 is 5.32 Å². The fourth-order valence-electron chi connectivity index (χ4n) is 2.42. The van der Waals surface area contributed by atoms with Gasteiger partial charge >= 0.3 is 0 Å². The van der Waals surface area contributed by atoms with E-state index in [1.807, 2.05) is 62.4 Å². The van der Waals surface area contributed by atoms with Crippen molar-refractivity contribution in [2.24, 2.45) is 0 Å². The third kappa shape index (κ3) is 2.88. The van der Waals surface area contributed by atoms with Crippen LogP contribution in [0.4, 0.5) is 5.69 Å². The summed E-state index contributed by atoms with van der Waals surface area (Å²) in [7, 11) is 0. The van der Waals surface area contributed by atoms with Crippen molar-refractivity contribution < 1.29 is 4.79 Å². The molecule has 3 aromatic rings. The Bertz CT molecular complexity index is 874. The van der Waals surface area contributed by atoms with Gasteiger partial charge in [-0.25, -0.2) is 0 Å². The summed E-state index contributed by atoms with van der Waals surface area (Å²) >= 11 is 3.46. The van der Waals surface area contributed by atoms with E-state index in [0.29, 0.717) is 5.56 Å². The summed E-state index contributed by atoms with van der Waals surface area (Å²) in [5, 5.41) is 3.82. The molecule has 110 valence electrons. The van der Waals surface area contributed by atoms with Gasteiger partial charge in [-0.3, -0.25) is 9.78 Å². The van der Waals surface area contributed by atoms with Crippen molar-refractivity contribution in [3.05, 3.63) is 69.8 Å². The highest BCUT2D eigenvalue weighted by atomic mass is 79.9. The average Bonchev–Trinajstić information content (AvgIpc) is 2.50. The molecule has 3 nitrogen and oxygen atoms in total. The first-order valence-electron chi connectivity index (χ1n) is 6.98. The number of halogens is 1. The number of pyridine rings is 1. The number of fused-ring (bicyclic) bond motifs is 1. The zero-order valence-electron chi connectivity index (χ0n) is 12.4. The van der Waals surface area contributed by atoms with E-state index in [9.17, 15) is 4.79 Å². The number of carbonyl (C=O) groups is 1. The topological polar surface area (TPSA) is 42.0 Å². The molecular weight excluding hydrogens is 340 g/mol. The van der Waals surface area contributed by atoms with Crippen molar-refractivity contribution in [3.63, 3.8) is 0 Å². The molecule has 0 aliphatic carbocycles. The predicted octanol–water partition coefficient (Wildman–Crippen LogP) is 4.87. The van der Waals surface area contributed by atoms with E-state index in [-0.39, 0.29) is 5.91 Å². The van der Waals surface area contributed by atoms with Crippen molar-refractivity contribution in [2.45, 2.75) is 13.8 Å². The highest BCUT2D eigenvalue weighted by molar-refractivity contribution is 9.10. The Hall–Kier alpha value is -2.20. The summed E-state index contributed by atoms with van der Waals surface area (Å²) in [5.74, 6) is -0.122. The predicted molar refractivity (Wildman–Crippen MR) is 93.3 cm³/mol. The first-order chi connectivity index (χ1) is 10.5. The van der Waals surface area contributed by atoms with E-state index in [1.54, 1.807) is 0 Å². The molecule has 0 aliphatic heterocycles. The molecule has 3 rings (SSSR count). The highest BCUT2D eigenvalue weighted by Crippen LogP contribution is 2.22. The molecule has 0 spiro atoms. The van der Waals surface area contributed by atoms with Crippen LogP contribution in [0.2, 0.25) is 0 Å². The number of nitrogens with zero attached hydrogens (tertiary/aromatic N) is 1. The van der Waals surface area contributed by atoms with Crippen LogP contribution in [0.5, 0.6) is 0 Å². The van der Waals surface area contributed by atoms with Gasteiger partial charge in [-0.1, -0.05) is 34.1 Å². The molecule has 4 heteroatoms. The van der Waals surface area contributed by atoms with Crippen LogP contribution in [0.15, 0.2) is 53.0 Å². The zero-order chi connectivity index (χ0) is 15.7. The summed E-state index contributed by atoms with van der Waals surface area (Å²) in [4.78, 5) is 17.1. The number of benzene rings is 2. The van der Waals surface area contributed by atoms with Crippen LogP contribution in [0.3, 0.4) is 0 Å². The van der Waals surface area contributed by atoms with Crippen LogP contribution in [0.25, 0.3) is 10.9 Å². The molecule has 22 heavy (non-hydrogen) atoms. The number of amides is 1. The minimum absolute atomic E-state index is 0.122. The molecule has 0 radical (unpaired) electrons. The quantitative estimate of drug-likeness (QED) is 0.713. The van der Waals surface area contributed by atoms with Crippen molar-refractivity contribution in [2.75, 3.05) is 5.32 Å². The second-order valence-corrected chi connectivity index (χ2v) is 6.10. The third-order valence-corrected chi connectivity index (χ3v) is 4.39. The molecule has 1 N–H and O–H groups in total.